The van der Waals surface area contributed by atoms with E-state index in [9.17, 15) is 22.5 Å². The maximum Gasteiger partial charge on any atom is 0.274 e. The second-order valence-electron chi connectivity index (χ2n) is 7.52. The summed E-state index contributed by atoms with van der Waals surface area (Å²) in [5.41, 5.74) is 0.661. The zero-order valence-electron chi connectivity index (χ0n) is 18.3. The molecule has 3 rings (SSSR count). The molecule has 0 saturated carbocycles. The minimum atomic E-state index is -4.33. The van der Waals surface area contributed by atoms with Crippen LogP contribution in [0.1, 0.15) is 49.1 Å². The monoisotopic (exact) mass is 470 g/mol. The van der Waals surface area contributed by atoms with Crippen LogP contribution in [0.3, 0.4) is 0 Å². The lowest BCUT2D eigenvalue weighted by atomic mass is 9.99. The molecular weight excluding hydrogens is 446 g/mol. The fraction of sp³-hybridized carbons (Fsp3) is 0.240. The molecule has 8 heteroatoms. The van der Waals surface area contributed by atoms with Crippen molar-refractivity contribution in [3.8, 4) is 6.07 Å². The van der Waals surface area contributed by atoms with Crippen LogP contribution < -0.4 is 4.31 Å². The van der Waals surface area contributed by atoms with Gasteiger partial charge in [-0.25, -0.2) is 12.7 Å². The van der Waals surface area contributed by atoms with Gasteiger partial charge in [-0.1, -0.05) is 49.2 Å². The van der Waals surface area contributed by atoms with Crippen LogP contribution in [0.2, 0.25) is 0 Å². The van der Waals surface area contributed by atoms with Gasteiger partial charge in [-0.15, -0.1) is 0 Å². The molecule has 0 fully saturated rings. The second kappa shape index (κ2) is 10.5. The maximum absolute atomic E-state index is 14.0. The number of anilines is 1. The van der Waals surface area contributed by atoms with Gasteiger partial charge in [-0.3, -0.25) is 0 Å². The molecule has 0 aliphatic heterocycles. The first-order valence-electron chi connectivity index (χ1n) is 10.5. The average Bonchev–Trinajstić information content (AvgIpc) is 3.32. The second-order valence-corrected chi connectivity index (χ2v) is 9.34. The van der Waals surface area contributed by atoms with Crippen LogP contribution in [0, 0.1) is 18.3 Å². The number of rotatable bonds is 9. The van der Waals surface area contributed by atoms with Gasteiger partial charge in [0.25, 0.3) is 16.1 Å². The molecule has 33 heavy (non-hydrogen) atoms. The van der Waals surface area contributed by atoms with Gasteiger partial charge >= 0.3 is 0 Å². The summed E-state index contributed by atoms with van der Waals surface area (Å²) in [5, 5.41) is 9.99. The number of nitriles is 1. The smallest absolute Gasteiger partial charge is 0.274 e. The Morgan fingerprint density at radius 2 is 1.79 bits per heavy atom. The number of hydrogen-bond donors (Lipinski definition) is 0. The lowest BCUT2D eigenvalue weighted by Crippen LogP contribution is -2.35. The Hall–Kier alpha value is -3.44. The first kappa shape index (κ1) is 24.2. The molecule has 0 bridgehead atoms. The molecule has 1 aromatic heterocycles. The summed E-state index contributed by atoms with van der Waals surface area (Å²) < 4.78 is 61.9. The number of halogens is 2. The molecule has 0 spiro atoms. The molecule has 0 aliphatic rings. The van der Waals surface area contributed by atoms with E-state index in [2.05, 4.69) is 0 Å². The van der Waals surface area contributed by atoms with Crippen molar-refractivity contribution in [3.63, 3.8) is 0 Å². The Balaban J connectivity index is 2.29. The van der Waals surface area contributed by atoms with Gasteiger partial charge in [0.1, 0.15) is 5.76 Å². The van der Waals surface area contributed by atoms with Crippen LogP contribution in [0.5, 0.6) is 0 Å². The highest BCUT2D eigenvalue weighted by Crippen LogP contribution is 2.40. The molecule has 172 valence electrons. The molecule has 1 atom stereocenters. The minimum absolute atomic E-state index is 0.0140. The molecule has 5 nitrogen and oxygen atoms in total. The third-order valence-corrected chi connectivity index (χ3v) is 7.02. The summed E-state index contributed by atoms with van der Waals surface area (Å²) in [6.45, 7) is 3.70. The van der Waals surface area contributed by atoms with E-state index in [1.54, 1.807) is 24.3 Å². The van der Waals surface area contributed by atoms with E-state index in [-0.39, 0.29) is 33.9 Å². The number of benzene rings is 2. The van der Waals surface area contributed by atoms with Crippen LogP contribution in [-0.4, -0.2) is 8.42 Å². The lowest BCUT2D eigenvalue weighted by Gasteiger charge is -2.30. The summed E-state index contributed by atoms with van der Waals surface area (Å²) >= 11 is 0. The van der Waals surface area contributed by atoms with Crippen LogP contribution in [0.15, 0.2) is 82.3 Å². The van der Waals surface area contributed by atoms with E-state index in [4.69, 9.17) is 4.42 Å². The SMILES string of the molecule is CCCCC(=C(F)F)c1ccccc1N(C(C#N)c1ccco1)S(=O)(=O)c1ccc(C)cc1. The summed E-state index contributed by atoms with van der Waals surface area (Å²) in [4.78, 5) is -0.0606. The number of unbranched alkanes of at least 4 members (excludes halogenated alkanes) is 1. The van der Waals surface area contributed by atoms with Gasteiger partial charge in [0.2, 0.25) is 0 Å². The van der Waals surface area contributed by atoms with E-state index in [1.165, 1.54) is 42.7 Å². The summed E-state index contributed by atoms with van der Waals surface area (Å²) in [5.74, 6) is 0.0859. The Labute approximate surface area is 192 Å². The first-order chi connectivity index (χ1) is 15.8. The van der Waals surface area contributed by atoms with Gasteiger partial charge in [-0.05, 0) is 50.1 Å². The molecule has 0 N–H and O–H groups in total. The third-order valence-electron chi connectivity index (χ3n) is 5.22. The average molecular weight is 471 g/mol. The molecule has 0 saturated heterocycles. The topological polar surface area (TPSA) is 74.3 Å². The molecule has 1 unspecified atom stereocenters. The predicted molar refractivity (Wildman–Crippen MR) is 123 cm³/mol. The zero-order valence-corrected chi connectivity index (χ0v) is 19.1. The molecule has 2 aromatic carbocycles. The number of hydrogen-bond acceptors (Lipinski definition) is 4. The molecular formula is C25H24F2N2O3S. The Kier molecular flexibility index (Phi) is 7.67. The highest BCUT2D eigenvalue weighted by molar-refractivity contribution is 7.92. The van der Waals surface area contributed by atoms with Gasteiger partial charge in [0.15, 0.2) is 6.04 Å². The largest absolute Gasteiger partial charge is 0.466 e. The standard InChI is InChI=1S/C25H24F2N2O3S/c1-3-4-8-21(25(26)27)20-9-5-6-10-22(20)29(23(17-28)24-11-7-16-32-24)33(30,31)19-14-12-18(2)13-15-19/h5-7,9-16,23H,3-4,8H2,1-2H3. The number of furan rings is 1. The van der Waals surface area contributed by atoms with Crippen molar-refractivity contribution in [3.05, 3.63) is 89.9 Å². The van der Waals surface area contributed by atoms with Gasteiger partial charge in [-0.2, -0.15) is 14.0 Å². The van der Waals surface area contributed by atoms with E-state index < -0.39 is 22.1 Å². The minimum Gasteiger partial charge on any atom is -0.466 e. The van der Waals surface area contributed by atoms with Gasteiger partial charge < -0.3 is 4.42 Å². The van der Waals surface area contributed by atoms with E-state index in [1.807, 2.05) is 19.9 Å². The zero-order chi connectivity index (χ0) is 24.0. The number of para-hydroxylation sites is 1. The lowest BCUT2D eigenvalue weighted by molar-refractivity contribution is 0.422. The fourth-order valence-electron chi connectivity index (χ4n) is 3.52. The van der Waals surface area contributed by atoms with Crippen LogP contribution in [0.4, 0.5) is 14.5 Å². The van der Waals surface area contributed by atoms with Crippen molar-refractivity contribution in [1.82, 2.24) is 0 Å². The quantitative estimate of drug-likeness (QED) is 0.343. The van der Waals surface area contributed by atoms with Gasteiger partial charge in [0.05, 0.1) is 22.9 Å². The Morgan fingerprint density at radius 1 is 1.09 bits per heavy atom. The Bertz CT molecular complexity index is 1260. The summed E-state index contributed by atoms with van der Waals surface area (Å²) in [6.07, 6.45) is 0.723. The van der Waals surface area contributed by atoms with Crippen LogP contribution >= 0.6 is 0 Å². The van der Waals surface area contributed by atoms with Gasteiger partial charge in [0, 0.05) is 11.1 Å². The van der Waals surface area contributed by atoms with Crippen LogP contribution in [-0.2, 0) is 10.0 Å². The third kappa shape index (κ3) is 5.15. The summed E-state index contributed by atoms with van der Waals surface area (Å²) in [6, 6.07) is 15.7. The molecule has 0 aliphatic carbocycles. The number of allylic oxidation sites excluding steroid dienone is 1. The maximum atomic E-state index is 14.0. The first-order valence-corrected chi connectivity index (χ1v) is 11.9. The van der Waals surface area contributed by atoms with Crippen LogP contribution in [0.25, 0.3) is 5.57 Å². The van der Waals surface area contributed by atoms with Crippen molar-refractivity contribution in [2.75, 3.05) is 4.31 Å². The van der Waals surface area contributed by atoms with Crippen molar-refractivity contribution >= 4 is 21.3 Å². The Morgan fingerprint density at radius 3 is 2.36 bits per heavy atom. The number of nitrogens with zero attached hydrogens (tertiary/aromatic N) is 2. The van der Waals surface area contributed by atoms with E-state index in [0.29, 0.717) is 12.8 Å². The van der Waals surface area contributed by atoms with E-state index in [0.717, 1.165) is 9.87 Å². The van der Waals surface area contributed by atoms with Crippen molar-refractivity contribution < 1.29 is 21.6 Å². The molecule has 0 radical (unpaired) electrons. The van der Waals surface area contributed by atoms with Crippen molar-refractivity contribution in [2.45, 2.75) is 44.0 Å². The number of aryl methyl sites for hydroxylation is 1. The molecule has 1 heterocycles. The predicted octanol–water partition coefficient (Wildman–Crippen LogP) is 6.85. The highest BCUT2D eigenvalue weighted by Gasteiger charge is 2.36. The fourth-order valence-corrected chi connectivity index (χ4v) is 5.07. The molecule has 3 aromatic rings. The summed E-state index contributed by atoms with van der Waals surface area (Å²) in [7, 11) is -4.33. The number of sulfonamides is 1. The van der Waals surface area contributed by atoms with Crippen molar-refractivity contribution in [1.29, 1.82) is 5.26 Å². The molecule has 0 amide bonds. The van der Waals surface area contributed by atoms with Crippen molar-refractivity contribution in [2.24, 2.45) is 0 Å². The van der Waals surface area contributed by atoms with E-state index >= 15 is 0 Å². The normalized spacial score (nSPS) is 12.1. The highest BCUT2D eigenvalue weighted by atomic mass is 32.2.